The topological polar surface area (TPSA) is 55.4 Å². The summed E-state index contributed by atoms with van der Waals surface area (Å²) in [5.41, 5.74) is 1.78. The van der Waals surface area contributed by atoms with Crippen LogP contribution in [0.25, 0.3) is 0 Å². The highest BCUT2D eigenvalue weighted by Gasteiger charge is 2.12. The van der Waals surface area contributed by atoms with Crippen LogP contribution in [-0.4, -0.2) is 24.2 Å². The third-order valence-electron chi connectivity index (χ3n) is 3.41. The summed E-state index contributed by atoms with van der Waals surface area (Å²) >= 11 is 1.68. The van der Waals surface area contributed by atoms with Gasteiger partial charge in [-0.2, -0.15) is 0 Å². The number of nitrogens with one attached hydrogen (secondary N) is 1. The van der Waals surface area contributed by atoms with Gasteiger partial charge >= 0.3 is 5.97 Å². The van der Waals surface area contributed by atoms with E-state index in [4.69, 9.17) is 4.74 Å². The number of amides is 1. The predicted octanol–water partition coefficient (Wildman–Crippen LogP) is 5.01. The Morgan fingerprint density at radius 1 is 1.00 bits per heavy atom. The van der Waals surface area contributed by atoms with Gasteiger partial charge in [-0.1, -0.05) is 26.0 Å². The fourth-order valence-electron chi connectivity index (χ4n) is 2.16. The molecule has 0 saturated carbocycles. The first kappa shape index (κ1) is 19.1. The van der Waals surface area contributed by atoms with Gasteiger partial charge in [-0.05, 0) is 55.0 Å². The molecular formula is C20H23NO3S. The second-order valence-electron chi connectivity index (χ2n) is 5.51. The molecule has 0 radical (unpaired) electrons. The number of rotatable bonds is 8. The van der Waals surface area contributed by atoms with Gasteiger partial charge in [-0.15, -0.1) is 11.8 Å². The van der Waals surface area contributed by atoms with E-state index >= 15 is 0 Å². The predicted molar refractivity (Wildman–Crippen MR) is 102 cm³/mol. The Labute approximate surface area is 153 Å². The normalized spacial score (nSPS) is 10.3. The first-order chi connectivity index (χ1) is 12.2. The fraction of sp³-hybridized carbons (Fsp3) is 0.300. The molecule has 0 aromatic heterocycles. The first-order valence-electron chi connectivity index (χ1n) is 8.46. The van der Waals surface area contributed by atoms with Crippen molar-refractivity contribution >= 4 is 29.3 Å². The van der Waals surface area contributed by atoms with Gasteiger partial charge < -0.3 is 10.1 Å². The molecule has 0 atom stereocenters. The van der Waals surface area contributed by atoms with Crippen molar-refractivity contribution in [1.29, 1.82) is 0 Å². The summed E-state index contributed by atoms with van der Waals surface area (Å²) in [6.45, 7) is 4.47. The Bertz CT molecular complexity index is 713. The summed E-state index contributed by atoms with van der Waals surface area (Å²) < 4.78 is 5.09. The number of anilines is 1. The molecule has 0 unspecified atom stereocenters. The molecule has 1 N–H and O–H groups in total. The number of benzene rings is 2. The second-order valence-corrected chi connectivity index (χ2v) is 6.65. The van der Waals surface area contributed by atoms with Crippen molar-refractivity contribution in [3.05, 3.63) is 59.7 Å². The Morgan fingerprint density at radius 3 is 2.40 bits per heavy atom. The third-order valence-corrected chi connectivity index (χ3v) is 4.69. The van der Waals surface area contributed by atoms with Crippen LogP contribution < -0.4 is 5.32 Å². The molecule has 0 fully saturated rings. The monoisotopic (exact) mass is 357 g/mol. The van der Waals surface area contributed by atoms with Gasteiger partial charge in [0.25, 0.3) is 5.91 Å². The van der Waals surface area contributed by atoms with E-state index in [-0.39, 0.29) is 11.9 Å². The van der Waals surface area contributed by atoms with E-state index in [1.54, 1.807) is 36.0 Å². The first-order valence-corrected chi connectivity index (χ1v) is 9.44. The Kier molecular flexibility index (Phi) is 7.54. The summed E-state index contributed by atoms with van der Waals surface area (Å²) in [4.78, 5) is 25.3. The number of ether oxygens (including phenoxy) is 1. The van der Waals surface area contributed by atoms with E-state index in [1.165, 1.54) is 0 Å². The summed E-state index contributed by atoms with van der Waals surface area (Å²) in [6.07, 6.45) is 1.84. The number of hydrogen-bond donors (Lipinski definition) is 1. The molecule has 4 nitrogen and oxygen atoms in total. The van der Waals surface area contributed by atoms with E-state index in [0.29, 0.717) is 23.4 Å². The highest BCUT2D eigenvalue weighted by molar-refractivity contribution is 7.99. The standard InChI is InChI=1S/C20H23NO3S/c1-3-13-24-20(23)15-9-11-16(12-10-15)21-19(22)17-7-5-6-8-18(17)25-14-4-2/h5-12H,3-4,13-14H2,1-2H3,(H,21,22). The van der Waals surface area contributed by atoms with E-state index in [2.05, 4.69) is 12.2 Å². The lowest BCUT2D eigenvalue weighted by molar-refractivity contribution is 0.0505. The van der Waals surface area contributed by atoms with Crippen LogP contribution in [0.3, 0.4) is 0 Å². The van der Waals surface area contributed by atoms with Crippen LogP contribution in [-0.2, 0) is 4.74 Å². The van der Waals surface area contributed by atoms with Gasteiger partial charge in [-0.25, -0.2) is 4.79 Å². The zero-order valence-corrected chi connectivity index (χ0v) is 15.4. The maximum absolute atomic E-state index is 12.5. The van der Waals surface area contributed by atoms with E-state index < -0.39 is 0 Å². The number of esters is 1. The van der Waals surface area contributed by atoms with Crippen LogP contribution >= 0.6 is 11.8 Å². The van der Waals surface area contributed by atoms with Crippen LogP contribution in [0.5, 0.6) is 0 Å². The minimum atomic E-state index is -0.346. The minimum Gasteiger partial charge on any atom is -0.462 e. The Morgan fingerprint density at radius 2 is 1.72 bits per heavy atom. The van der Waals surface area contributed by atoms with Crippen molar-refractivity contribution in [2.45, 2.75) is 31.6 Å². The average molecular weight is 357 g/mol. The van der Waals surface area contributed by atoms with Crippen LogP contribution in [0.4, 0.5) is 5.69 Å². The quantitative estimate of drug-likeness (QED) is 0.533. The van der Waals surface area contributed by atoms with Crippen molar-refractivity contribution in [1.82, 2.24) is 0 Å². The Balaban J connectivity index is 2.05. The molecule has 0 aliphatic carbocycles. The highest BCUT2D eigenvalue weighted by Crippen LogP contribution is 2.24. The zero-order chi connectivity index (χ0) is 18.1. The minimum absolute atomic E-state index is 0.152. The van der Waals surface area contributed by atoms with E-state index in [0.717, 1.165) is 23.5 Å². The second kappa shape index (κ2) is 9.89. The van der Waals surface area contributed by atoms with Crippen LogP contribution in [0.2, 0.25) is 0 Å². The van der Waals surface area contributed by atoms with Gasteiger partial charge in [0, 0.05) is 10.6 Å². The lowest BCUT2D eigenvalue weighted by atomic mass is 10.2. The maximum atomic E-state index is 12.5. The highest BCUT2D eigenvalue weighted by atomic mass is 32.2. The number of carbonyl (C=O) groups excluding carboxylic acids is 2. The molecule has 25 heavy (non-hydrogen) atoms. The maximum Gasteiger partial charge on any atom is 0.338 e. The van der Waals surface area contributed by atoms with E-state index in [1.807, 2.05) is 31.2 Å². The molecule has 1 amide bonds. The van der Waals surface area contributed by atoms with Crippen molar-refractivity contribution < 1.29 is 14.3 Å². The summed E-state index contributed by atoms with van der Waals surface area (Å²) in [7, 11) is 0. The molecule has 0 bridgehead atoms. The number of thioether (sulfide) groups is 1. The van der Waals surface area contributed by atoms with Crippen molar-refractivity contribution in [3.63, 3.8) is 0 Å². The number of hydrogen-bond acceptors (Lipinski definition) is 4. The summed E-state index contributed by atoms with van der Waals surface area (Å²) in [6, 6.07) is 14.3. The van der Waals surface area contributed by atoms with Crippen molar-refractivity contribution in [2.24, 2.45) is 0 Å². The lowest BCUT2D eigenvalue weighted by Crippen LogP contribution is -2.13. The fourth-order valence-corrected chi connectivity index (χ4v) is 3.07. The van der Waals surface area contributed by atoms with Gasteiger partial charge in [0.05, 0.1) is 17.7 Å². The molecule has 0 spiro atoms. The largest absolute Gasteiger partial charge is 0.462 e. The lowest BCUT2D eigenvalue weighted by Gasteiger charge is -2.10. The molecule has 2 rings (SSSR count). The molecule has 2 aromatic carbocycles. The molecular weight excluding hydrogens is 334 g/mol. The van der Waals surface area contributed by atoms with Crippen LogP contribution in [0.1, 0.15) is 47.4 Å². The SMILES string of the molecule is CCCOC(=O)c1ccc(NC(=O)c2ccccc2SCCC)cc1. The molecule has 0 heterocycles. The molecule has 0 aliphatic heterocycles. The van der Waals surface area contributed by atoms with Gasteiger partial charge in [-0.3, -0.25) is 4.79 Å². The van der Waals surface area contributed by atoms with Gasteiger partial charge in [0.1, 0.15) is 0 Å². The Hall–Kier alpha value is -2.27. The molecule has 132 valence electrons. The van der Waals surface area contributed by atoms with Crippen molar-refractivity contribution in [2.75, 3.05) is 17.7 Å². The van der Waals surface area contributed by atoms with E-state index in [9.17, 15) is 9.59 Å². The van der Waals surface area contributed by atoms with Crippen LogP contribution in [0, 0.1) is 0 Å². The van der Waals surface area contributed by atoms with Gasteiger partial charge in [0.2, 0.25) is 0 Å². The third kappa shape index (κ3) is 5.64. The summed E-state index contributed by atoms with van der Waals surface area (Å²) in [5.74, 6) is 0.473. The zero-order valence-electron chi connectivity index (χ0n) is 14.6. The smallest absolute Gasteiger partial charge is 0.338 e. The molecule has 2 aromatic rings. The molecule has 0 aliphatic rings. The summed E-state index contributed by atoms with van der Waals surface area (Å²) in [5, 5.41) is 2.88. The molecule has 0 saturated heterocycles. The van der Waals surface area contributed by atoms with Gasteiger partial charge in [0.15, 0.2) is 0 Å². The average Bonchev–Trinajstić information content (AvgIpc) is 2.65. The number of carbonyl (C=O) groups is 2. The molecule has 5 heteroatoms. The van der Waals surface area contributed by atoms with Crippen molar-refractivity contribution in [3.8, 4) is 0 Å². The van der Waals surface area contributed by atoms with Crippen LogP contribution in [0.15, 0.2) is 53.4 Å².